The van der Waals surface area contributed by atoms with Gasteiger partial charge in [0.2, 0.25) is 10.0 Å². The van der Waals surface area contributed by atoms with E-state index in [1.807, 2.05) is 48.5 Å². The maximum atomic E-state index is 13.2. The number of halogens is 1. The molecule has 1 saturated heterocycles. The normalized spacial score (nSPS) is 14.5. The van der Waals surface area contributed by atoms with E-state index in [-0.39, 0.29) is 11.4 Å². The molecule has 0 unspecified atom stereocenters. The fourth-order valence-electron chi connectivity index (χ4n) is 4.07. The summed E-state index contributed by atoms with van der Waals surface area (Å²) >= 11 is 2.22. The van der Waals surface area contributed by atoms with Gasteiger partial charge in [-0.15, -0.1) is 0 Å². The second kappa shape index (κ2) is 8.33. The molecule has 0 radical (unpaired) electrons. The number of hydrogen-bond acceptors (Lipinski definition) is 5. The number of nitrogens with zero attached hydrogens (tertiary/aromatic N) is 3. The number of sulfonamides is 1. The van der Waals surface area contributed by atoms with Crippen molar-refractivity contribution in [3.05, 3.63) is 70.1 Å². The van der Waals surface area contributed by atoms with Crippen LogP contribution in [0, 0.1) is 3.57 Å². The van der Waals surface area contributed by atoms with Crippen LogP contribution < -0.4 is 9.62 Å². The smallest absolute Gasteiger partial charge is 0.241 e. The van der Waals surface area contributed by atoms with Crippen molar-refractivity contribution in [1.29, 1.82) is 0 Å². The third-order valence-corrected chi connectivity index (χ3v) is 7.97. The first-order chi connectivity index (χ1) is 15.0. The molecule has 0 aliphatic carbocycles. The highest BCUT2D eigenvalue weighted by Crippen LogP contribution is 2.28. The summed E-state index contributed by atoms with van der Waals surface area (Å²) in [6, 6.07) is 18.9. The minimum absolute atomic E-state index is 0.0360. The van der Waals surface area contributed by atoms with E-state index in [9.17, 15) is 8.42 Å². The lowest BCUT2D eigenvalue weighted by Crippen LogP contribution is -2.26. The third-order valence-electron chi connectivity index (χ3n) is 5.57. The van der Waals surface area contributed by atoms with Crippen molar-refractivity contribution in [2.45, 2.75) is 24.3 Å². The Bertz CT molecular complexity index is 1390. The van der Waals surface area contributed by atoms with Crippen LogP contribution in [0.15, 0.2) is 65.6 Å². The number of para-hydroxylation sites is 1. The molecule has 1 aliphatic rings. The molecule has 0 atom stereocenters. The lowest BCUT2D eigenvalue weighted by atomic mass is 10.1. The molecule has 4 aromatic rings. The molecule has 8 heteroatoms. The van der Waals surface area contributed by atoms with Gasteiger partial charge in [0.25, 0.3) is 0 Å². The van der Waals surface area contributed by atoms with Crippen molar-refractivity contribution in [2.24, 2.45) is 0 Å². The molecule has 1 N–H and O–H groups in total. The van der Waals surface area contributed by atoms with E-state index in [4.69, 9.17) is 4.98 Å². The quantitative estimate of drug-likeness (QED) is 0.376. The van der Waals surface area contributed by atoms with Gasteiger partial charge in [-0.05, 0) is 65.1 Å². The van der Waals surface area contributed by atoms with Crippen molar-refractivity contribution < 1.29 is 8.42 Å². The van der Waals surface area contributed by atoms with Crippen molar-refractivity contribution in [2.75, 3.05) is 18.0 Å². The highest BCUT2D eigenvalue weighted by molar-refractivity contribution is 14.1. The van der Waals surface area contributed by atoms with Crippen LogP contribution in [0.2, 0.25) is 0 Å². The molecular formula is C23H21IN4O2S. The van der Waals surface area contributed by atoms with E-state index in [1.165, 1.54) is 0 Å². The molecular weight excluding hydrogens is 523 g/mol. The molecule has 3 aromatic carbocycles. The molecule has 0 amide bonds. The third kappa shape index (κ3) is 3.99. The Balaban J connectivity index is 1.49. The maximum Gasteiger partial charge on any atom is 0.241 e. The number of benzene rings is 3. The fraction of sp³-hybridized carbons (Fsp3) is 0.217. The van der Waals surface area contributed by atoms with Gasteiger partial charge in [0.1, 0.15) is 11.6 Å². The van der Waals surface area contributed by atoms with Gasteiger partial charge in [-0.2, -0.15) is 0 Å². The minimum Gasteiger partial charge on any atom is -0.356 e. The number of anilines is 1. The summed E-state index contributed by atoms with van der Waals surface area (Å²) < 4.78 is 30.0. The Morgan fingerprint density at radius 1 is 0.871 bits per heavy atom. The summed E-state index contributed by atoms with van der Waals surface area (Å²) in [6.07, 6.45) is 2.28. The minimum atomic E-state index is -3.73. The number of aromatic nitrogens is 2. The zero-order chi connectivity index (χ0) is 21.4. The van der Waals surface area contributed by atoms with E-state index in [1.54, 1.807) is 12.1 Å². The van der Waals surface area contributed by atoms with Gasteiger partial charge in [0.15, 0.2) is 0 Å². The molecule has 158 valence electrons. The Labute approximate surface area is 194 Å². The van der Waals surface area contributed by atoms with E-state index in [2.05, 4.69) is 37.2 Å². The molecule has 6 nitrogen and oxygen atoms in total. The highest BCUT2D eigenvalue weighted by Gasteiger charge is 2.21. The van der Waals surface area contributed by atoms with Gasteiger partial charge in [-0.3, -0.25) is 0 Å². The maximum absolute atomic E-state index is 13.2. The molecule has 0 spiro atoms. The van der Waals surface area contributed by atoms with Gasteiger partial charge in [0, 0.05) is 27.4 Å². The number of rotatable bonds is 5. The topological polar surface area (TPSA) is 75.2 Å². The lowest BCUT2D eigenvalue weighted by Gasteiger charge is -2.19. The standard InChI is InChI=1S/C23H21IN4O2S/c24-19-10-5-9-17-16(19)8-6-12-21(17)31(29,30)25-15-22-26-20-11-2-1-7-18(20)23(27-22)28-13-3-4-14-28/h1-2,5-12,25H,3-4,13-15H2. The highest BCUT2D eigenvalue weighted by atomic mass is 127. The van der Waals surface area contributed by atoms with Gasteiger partial charge in [-0.1, -0.05) is 36.4 Å². The molecule has 1 fully saturated rings. The first-order valence-electron chi connectivity index (χ1n) is 10.2. The van der Waals surface area contributed by atoms with Gasteiger partial charge in [0.05, 0.1) is 17.0 Å². The van der Waals surface area contributed by atoms with Crippen molar-refractivity contribution >= 4 is 60.1 Å². The summed E-state index contributed by atoms with van der Waals surface area (Å²) in [5, 5.41) is 2.63. The van der Waals surface area contributed by atoms with Crippen LogP contribution >= 0.6 is 22.6 Å². The predicted octanol–water partition coefficient (Wildman–Crippen LogP) is 4.47. The van der Waals surface area contributed by atoms with Gasteiger partial charge < -0.3 is 4.90 Å². The second-order valence-corrected chi connectivity index (χ2v) is 10.5. The Morgan fingerprint density at radius 3 is 2.42 bits per heavy atom. The van der Waals surface area contributed by atoms with Crippen molar-refractivity contribution in [3.8, 4) is 0 Å². The average Bonchev–Trinajstić information content (AvgIpc) is 3.32. The zero-order valence-electron chi connectivity index (χ0n) is 16.8. The number of nitrogens with one attached hydrogen (secondary N) is 1. The first kappa shape index (κ1) is 20.6. The largest absolute Gasteiger partial charge is 0.356 e. The van der Waals surface area contributed by atoms with Crippen molar-refractivity contribution in [3.63, 3.8) is 0 Å². The van der Waals surface area contributed by atoms with Crippen LogP contribution in [-0.2, 0) is 16.6 Å². The van der Waals surface area contributed by atoms with Crippen LogP contribution in [0.1, 0.15) is 18.7 Å². The first-order valence-corrected chi connectivity index (χ1v) is 12.8. The van der Waals surface area contributed by atoms with E-state index < -0.39 is 10.0 Å². The van der Waals surface area contributed by atoms with Gasteiger partial charge >= 0.3 is 0 Å². The monoisotopic (exact) mass is 544 g/mol. The fourth-order valence-corrected chi connectivity index (χ4v) is 5.95. The van der Waals surface area contributed by atoms with E-state index in [0.29, 0.717) is 11.2 Å². The van der Waals surface area contributed by atoms with E-state index in [0.717, 1.165) is 51.6 Å². The van der Waals surface area contributed by atoms with Crippen LogP contribution in [0.4, 0.5) is 5.82 Å². The summed E-state index contributed by atoms with van der Waals surface area (Å²) in [4.78, 5) is 11.9. The van der Waals surface area contributed by atoms with Crippen LogP contribution in [0.3, 0.4) is 0 Å². The van der Waals surface area contributed by atoms with Crippen LogP contribution in [-0.4, -0.2) is 31.5 Å². The molecule has 0 saturated carbocycles. The summed E-state index contributed by atoms with van der Waals surface area (Å²) in [7, 11) is -3.73. The Morgan fingerprint density at radius 2 is 1.58 bits per heavy atom. The molecule has 1 aromatic heterocycles. The number of fused-ring (bicyclic) bond motifs is 2. The molecule has 0 bridgehead atoms. The summed E-state index contributed by atoms with van der Waals surface area (Å²) in [5.41, 5.74) is 0.827. The molecule has 1 aliphatic heterocycles. The Kier molecular flexibility index (Phi) is 5.53. The summed E-state index contributed by atoms with van der Waals surface area (Å²) in [6.45, 7) is 1.95. The van der Waals surface area contributed by atoms with Crippen molar-refractivity contribution in [1.82, 2.24) is 14.7 Å². The van der Waals surface area contributed by atoms with Gasteiger partial charge in [-0.25, -0.2) is 23.1 Å². The molecule has 5 rings (SSSR count). The average molecular weight is 544 g/mol. The second-order valence-electron chi connectivity index (χ2n) is 7.59. The zero-order valence-corrected chi connectivity index (χ0v) is 19.7. The number of hydrogen-bond donors (Lipinski definition) is 1. The molecule has 2 heterocycles. The van der Waals surface area contributed by atoms with Crippen LogP contribution in [0.5, 0.6) is 0 Å². The lowest BCUT2D eigenvalue weighted by molar-refractivity contribution is 0.580. The summed E-state index contributed by atoms with van der Waals surface area (Å²) in [5.74, 6) is 1.36. The predicted molar refractivity (Wildman–Crippen MR) is 132 cm³/mol. The van der Waals surface area contributed by atoms with Crippen LogP contribution in [0.25, 0.3) is 21.7 Å². The van der Waals surface area contributed by atoms with E-state index >= 15 is 0 Å². The molecule has 31 heavy (non-hydrogen) atoms. The Hall–Kier alpha value is -2.30. The SMILES string of the molecule is O=S(=O)(NCc1nc(N2CCCC2)c2ccccc2n1)c1cccc2c(I)cccc12.